The number of nitro benzene ring substituents is 1. The van der Waals surface area contributed by atoms with Crippen LogP contribution in [-0.2, 0) is 14.3 Å². The summed E-state index contributed by atoms with van der Waals surface area (Å²) in [6.45, 7) is 1.95. The lowest BCUT2D eigenvalue weighted by Crippen LogP contribution is -2.20. The minimum Gasteiger partial charge on any atom is -0.494 e. The fourth-order valence-electron chi connectivity index (χ4n) is 2.09. The highest BCUT2D eigenvalue weighted by molar-refractivity contribution is 5.94. The smallest absolute Gasteiger partial charge is 0.331 e. The van der Waals surface area contributed by atoms with Gasteiger partial charge in [-0.3, -0.25) is 14.9 Å². The van der Waals surface area contributed by atoms with Crippen molar-refractivity contribution in [3.05, 3.63) is 70.3 Å². The van der Waals surface area contributed by atoms with Crippen molar-refractivity contribution in [3.8, 4) is 5.75 Å². The molecule has 0 aromatic heterocycles. The molecule has 0 fully saturated rings. The fourth-order valence-corrected chi connectivity index (χ4v) is 2.09. The van der Waals surface area contributed by atoms with Gasteiger partial charge in [-0.2, -0.15) is 0 Å². The van der Waals surface area contributed by atoms with Crippen molar-refractivity contribution >= 4 is 29.3 Å². The van der Waals surface area contributed by atoms with Crippen LogP contribution in [0.25, 0.3) is 6.08 Å². The standard InChI is InChI=1S/C19H18N2O6/c1-2-26-17-9-6-14(7-10-17)8-11-19(23)27-13-18(22)20-15-4-3-5-16(12-15)21(24)25/h3-12H,2,13H2,1H3,(H,20,22)/b11-8+. The van der Waals surface area contributed by atoms with Crippen molar-refractivity contribution in [1.82, 2.24) is 0 Å². The van der Waals surface area contributed by atoms with Crippen molar-refractivity contribution in [1.29, 1.82) is 0 Å². The van der Waals surface area contributed by atoms with Gasteiger partial charge in [0.05, 0.1) is 11.5 Å². The predicted octanol–water partition coefficient (Wildman–Crippen LogP) is 3.19. The highest BCUT2D eigenvalue weighted by atomic mass is 16.6. The summed E-state index contributed by atoms with van der Waals surface area (Å²) in [5.41, 5.74) is 0.870. The Balaban J connectivity index is 1.81. The lowest BCUT2D eigenvalue weighted by atomic mass is 10.2. The molecule has 1 amide bonds. The number of amides is 1. The average Bonchev–Trinajstić information content (AvgIpc) is 2.66. The summed E-state index contributed by atoms with van der Waals surface area (Å²) in [6, 6.07) is 12.6. The zero-order chi connectivity index (χ0) is 19.6. The number of rotatable bonds is 8. The van der Waals surface area contributed by atoms with E-state index in [0.29, 0.717) is 6.61 Å². The third-order valence-electron chi connectivity index (χ3n) is 3.29. The van der Waals surface area contributed by atoms with E-state index in [-0.39, 0.29) is 11.4 Å². The first kappa shape index (κ1) is 19.6. The lowest BCUT2D eigenvalue weighted by molar-refractivity contribution is -0.384. The molecule has 0 heterocycles. The fraction of sp³-hybridized carbons (Fsp3) is 0.158. The molecule has 0 spiro atoms. The van der Waals surface area contributed by atoms with Crippen LogP contribution in [0.15, 0.2) is 54.6 Å². The van der Waals surface area contributed by atoms with Crippen molar-refractivity contribution in [2.24, 2.45) is 0 Å². The normalized spacial score (nSPS) is 10.4. The maximum atomic E-state index is 11.8. The van der Waals surface area contributed by atoms with E-state index < -0.39 is 23.4 Å². The van der Waals surface area contributed by atoms with Gasteiger partial charge < -0.3 is 14.8 Å². The van der Waals surface area contributed by atoms with Gasteiger partial charge in [-0.05, 0) is 36.8 Å². The Hall–Kier alpha value is -3.68. The van der Waals surface area contributed by atoms with Gasteiger partial charge in [-0.25, -0.2) is 4.79 Å². The number of benzene rings is 2. The minimum absolute atomic E-state index is 0.150. The molecular weight excluding hydrogens is 352 g/mol. The molecule has 0 aliphatic heterocycles. The van der Waals surface area contributed by atoms with Crippen LogP contribution in [-0.4, -0.2) is 30.0 Å². The zero-order valence-electron chi connectivity index (χ0n) is 14.6. The molecule has 0 saturated heterocycles. The summed E-state index contributed by atoms with van der Waals surface area (Å²) in [6.07, 6.45) is 2.76. The molecule has 2 aromatic rings. The summed E-state index contributed by atoms with van der Waals surface area (Å²) in [5, 5.41) is 13.1. The third-order valence-corrected chi connectivity index (χ3v) is 3.29. The second-order valence-corrected chi connectivity index (χ2v) is 5.30. The van der Waals surface area contributed by atoms with E-state index in [9.17, 15) is 19.7 Å². The Labute approximate surface area is 155 Å². The van der Waals surface area contributed by atoms with Crippen LogP contribution < -0.4 is 10.1 Å². The third kappa shape index (κ3) is 6.62. The van der Waals surface area contributed by atoms with E-state index in [1.54, 1.807) is 30.3 Å². The molecule has 0 unspecified atom stereocenters. The number of anilines is 1. The van der Waals surface area contributed by atoms with Gasteiger partial charge in [0.2, 0.25) is 0 Å². The first-order chi connectivity index (χ1) is 13.0. The van der Waals surface area contributed by atoms with Gasteiger partial charge in [0, 0.05) is 23.9 Å². The van der Waals surface area contributed by atoms with Crippen molar-refractivity contribution in [2.75, 3.05) is 18.5 Å². The largest absolute Gasteiger partial charge is 0.494 e. The summed E-state index contributed by atoms with van der Waals surface area (Å²) in [7, 11) is 0. The molecule has 2 aromatic carbocycles. The molecule has 27 heavy (non-hydrogen) atoms. The van der Waals surface area contributed by atoms with Crippen LogP contribution in [0, 0.1) is 10.1 Å². The lowest BCUT2D eigenvalue weighted by Gasteiger charge is -2.05. The highest BCUT2D eigenvalue weighted by Gasteiger charge is 2.09. The Bertz CT molecular complexity index is 846. The molecule has 0 aliphatic carbocycles. The molecule has 8 heteroatoms. The molecule has 2 rings (SSSR count). The first-order valence-electron chi connectivity index (χ1n) is 8.10. The van der Waals surface area contributed by atoms with E-state index >= 15 is 0 Å². The van der Waals surface area contributed by atoms with Crippen LogP contribution in [0.4, 0.5) is 11.4 Å². The Morgan fingerprint density at radius 1 is 1.19 bits per heavy atom. The van der Waals surface area contributed by atoms with E-state index in [4.69, 9.17) is 9.47 Å². The first-order valence-corrected chi connectivity index (χ1v) is 8.10. The number of nitro groups is 1. The number of esters is 1. The molecule has 1 N–H and O–H groups in total. The van der Waals surface area contributed by atoms with Crippen LogP contribution >= 0.6 is 0 Å². The number of hydrogen-bond acceptors (Lipinski definition) is 6. The Kier molecular flexibility index (Phi) is 7.07. The average molecular weight is 370 g/mol. The summed E-state index contributed by atoms with van der Waals surface area (Å²) >= 11 is 0. The van der Waals surface area contributed by atoms with Gasteiger partial charge in [0.15, 0.2) is 6.61 Å². The topological polar surface area (TPSA) is 108 Å². The predicted molar refractivity (Wildman–Crippen MR) is 99.3 cm³/mol. The zero-order valence-corrected chi connectivity index (χ0v) is 14.6. The monoisotopic (exact) mass is 370 g/mol. The second kappa shape index (κ2) is 9.71. The molecule has 0 aliphatic rings. The number of ether oxygens (including phenoxy) is 2. The summed E-state index contributed by atoms with van der Waals surface area (Å²) < 4.78 is 10.2. The van der Waals surface area contributed by atoms with Crippen LogP contribution in [0.2, 0.25) is 0 Å². The molecule has 0 radical (unpaired) electrons. The van der Waals surface area contributed by atoms with Crippen LogP contribution in [0.5, 0.6) is 5.75 Å². The molecule has 0 bridgehead atoms. The van der Waals surface area contributed by atoms with E-state index in [1.165, 1.54) is 30.3 Å². The molecule has 140 valence electrons. The highest BCUT2D eigenvalue weighted by Crippen LogP contribution is 2.17. The van der Waals surface area contributed by atoms with Crippen molar-refractivity contribution in [2.45, 2.75) is 6.92 Å². The SMILES string of the molecule is CCOc1ccc(/C=C/C(=O)OCC(=O)Nc2cccc([N+](=O)[O-])c2)cc1. The summed E-state index contributed by atoms with van der Waals surface area (Å²) in [4.78, 5) is 33.6. The number of nitrogens with one attached hydrogen (secondary N) is 1. The number of carbonyl (C=O) groups is 2. The summed E-state index contributed by atoms with van der Waals surface area (Å²) in [5.74, 6) is -0.550. The van der Waals surface area contributed by atoms with E-state index in [2.05, 4.69) is 5.32 Å². The Morgan fingerprint density at radius 3 is 2.59 bits per heavy atom. The molecule has 0 saturated carbocycles. The van der Waals surface area contributed by atoms with Gasteiger partial charge in [0.1, 0.15) is 5.75 Å². The number of hydrogen-bond donors (Lipinski definition) is 1. The van der Waals surface area contributed by atoms with Crippen molar-refractivity contribution in [3.63, 3.8) is 0 Å². The minimum atomic E-state index is -0.682. The number of non-ortho nitro benzene ring substituents is 1. The maximum absolute atomic E-state index is 11.8. The van der Waals surface area contributed by atoms with Crippen LogP contribution in [0.1, 0.15) is 12.5 Å². The van der Waals surface area contributed by atoms with Crippen molar-refractivity contribution < 1.29 is 24.0 Å². The van der Waals surface area contributed by atoms with E-state index in [1.807, 2.05) is 6.92 Å². The molecular formula is C19H18N2O6. The second-order valence-electron chi connectivity index (χ2n) is 5.30. The molecule has 8 nitrogen and oxygen atoms in total. The van der Waals surface area contributed by atoms with Gasteiger partial charge in [-0.1, -0.05) is 18.2 Å². The Morgan fingerprint density at radius 2 is 1.93 bits per heavy atom. The van der Waals surface area contributed by atoms with Crippen LogP contribution in [0.3, 0.4) is 0 Å². The van der Waals surface area contributed by atoms with Gasteiger partial charge >= 0.3 is 5.97 Å². The van der Waals surface area contributed by atoms with Gasteiger partial charge in [-0.15, -0.1) is 0 Å². The number of carbonyl (C=O) groups excluding carboxylic acids is 2. The number of nitrogens with zero attached hydrogens (tertiary/aromatic N) is 1. The quantitative estimate of drug-likeness (QED) is 0.331. The van der Waals surface area contributed by atoms with E-state index in [0.717, 1.165) is 11.3 Å². The van der Waals surface area contributed by atoms with Gasteiger partial charge in [0.25, 0.3) is 11.6 Å². The maximum Gasteiger partial charge on any atom is 0.331 e. The molecule has 0 atom stereocenters.